The van der Waals surface area contributed by atoms with Crippen molar-refractivity contribution < 1.29 is 24.2 Å². The van der Waals surface area contributed by atoms with Crippen molar-refractivity contribution in [3.63, 3.8) is 0 Å². The molecule has 2 amide bonds. The predicted octanol–water partition coefficient (Wildman–Crippen LogP) is 2.83. The van der Waals surface area contributed by atoms with Crippen LogP contribution >= 0.6 is 0 Å². The van der Waals surface area contributed by atoms with Gasteiger partial charge in [-0.05, 0) is 30.7 Å². The van der Waals surface area contributed by atoms with Gasteiger partial charge in [-0.15, -0.1) is 0 Å². The van der Waals surface area contributed by atoms with Crippen molar-refractivity contribution in [3.8, 4) is 0 Å². The van der Waals surface area contributed by atoms with Crippen molar-refractivity contribution in [1.82, 2.24) is 5.32 Å². The standard InChI is InChI=1S/C19H18N2O5/c1-12(13-5-3-2-4-6-13)20-17(22)14-9-15(18(23)24)11-16(10-14)21-7-8-26-19(21)25/h2-6,9-12H,7-8H2,1H3,(H,20,22)(H,23,24)/t12-/m1/s1. The lowest BCUT2D eigenvalue weighted by molar-refractivity contribution is 0.0696. The molecule has 0 aromatic heterocycles. The molecule has 2 N–H and O–H groups in total. The second-order valence-corrected chi connectivity index (χ2v) is 5.95. The molecule has 0 saturated carbocycles. The zero-order valence-electron chi connectivity index (χ0n) is 14.1. The first-order valence-corrected chi connectivity index (χ1v) is 8.14. The molecule has 0 radical (unpaired) electrons. The quantitative estimate of drug-likeness (QED) is 0.861. The number of carbonyl (C=O) groups excluding carboxylic acids is 2. The van der Waals surface area contributed by atoms with Crippen LogP contribution in [0, 0.1) is 0 Å². The Morgan fingerprint density at radius 3 is 2.46 bits per heavy atom. The molecule has 3 rings (SSSR count). The number of carboxylic acid groups (broad SMARTS) is 1. The summed E-state index contributed by atoms with van der Waals surface area (Å²) in [5, 5.41) is 12.2. The molecule has 1 aliphatic rings. The van der Waals surface area contributed by atoms with Crippen molar-refractivity contribution in [2.45, 2.75) is 13.0 Å². The minimum Gasteiger partial charge on any atom is -0.478 e. The van der Waals surface area contributed by atoms with Crippen LogP contribution in [-0.2, 0) is 4.74 Å². The highest BCUT2D eigenvalue weighted by Gasteiger charge is 2.26. The Morgan fingerprint density at radius 2 is 1.85 bits per heavy atom. The summed E-state index contributed by atoms with van der Waals surface area (Å²) in [7, 11) is 0. The van der Waals surface area contributed by atoms with Crippen molar-refractivity contribution in [2.24, 2.45) is 0 Å². The third-order valence-electron chi connectivity index (χ3n) is 4.15. The Kier molecular flexibility index (Phi) is 4.88. The van der Waals surface area contributed by atoms with E-state index >= 15 is 0 Å². The lowest BCUT2D eigenvalue weighted by atomic mass is 10.1. The second kappa shape index (κ2) is 7.26. The normalized spacial score (nSPS) is 14.7. The van der Waals surface area contributed by atoms with Gasteiger partial charge in [0.15, 0.2) is 0 Å². The first-order valence-electron chi connectivity index (χ1n) is 8.14. The van der Waals surface area contributed by atoms with Crippen LogP contribution in [0.2, 0.25) is 0 Å². The molecule has 2 aromatic carbocycles. The van der Waals surface area contributed by atoms with Crippen LogP contribution in [-0.4, -0.2) is 36.2 Å². The summed E-state index contributed by atoms with van der Waals surface area (Å²) in [6.45, 7) is 2.37. The zero-order valence-corrected chi connectivity index (χ0v) is 14.1. The van der Waals surface area contributed by atoms with Gasteiger partial charge in [0.25, 0.3) is 5.91 Å². The van der Waals surface area contributed by atoms with Crippen molar-refractivity contribution >= 4 is 23.7 Å². The van der Waals surface area contributed by atoms with Crippen LogP contribution in [0.4, 0.5) is 10.5 Å². The molecule has 7 nitrogen and oxygen atoms in total. The van der Waals surface area contributed by atoms with E-state index in [2.05, 4.69) is 5.32 Å². The van der Waals surface area contributed by atoms with Crippen LogP contribution in [0.5, 0.6) is 0 Å². The molecule has 0 spiro atoms. The maximum atomic E-state index is 12.6. The highest BCUT2D eigenvalue weighted by Crippen LogP contribution is 2.23. The lowest BCUT2D eigenvalue weighted by Crippen LogP contribution is -2.28. The topological polar surface area (TPSA) is 95.9 Å². The van der Waals surface area contributed by atoms with E-state index in [-0.39, 0.29) is 23.8 Å². The van der Waals surface area contributed by atoms with Crippen LogP contribution in [0.15, 0.2) is 48.5 Å². The molecule has 0 bridgehead atoms. The van der Waals surface area contributed by atoms with Crippen molar-refractivity contribution in [2.75, 3.05) is 18.1 Å². The molecule has 134 valence electrons. The minimum atomic E-state index is -1.18. The van der Waals surface area contributed by atoms with Crippen LogP contribution in [0.25, 0.3) is 0 Å². The third-order valence-corrected chi connectivity index (χ3v) is 4.15. The molecule has 7 heteroatoms. The summed E-state index contributed by atoms with van der Waals surface area (Å²) >= 11 is 0. The molecule has 1 atom stereocenters. The van der Waals surface area contributed by atoms with E-state index < -0.39 is 18.0 Å². The fourth-order valence-electron chi connectivity index (χ4n) is 2.75. The fraction of sp³-hybridized carbons (Fsp3) is 0.211. The first kappa shape index (κ1) is 17.5. The van der Waals surface area contributed by atoms with Gasteiger partial charge in [0.05, 0.1) is 18.2 Å². The SMILES string of the molecule is C[C@@H](NC(=O)c1cc(C(=O)O)cc(N2CCOC2=O)c1)c1ccccc1. The molecule has 1 fully saturated rings. The third kappa shape index (κ3) is 3.66. The number of cyclic esters (lactones) is 1. The number of amides is 2. The Hall–Kier alpha value is -3.35. The molecule has 1 aliphatic heterocycles. The number of benzene rings is 2. The molecule has 1 saturated heterocycles. The maximum Gasteiger partial charge on any atom is 0.414 e. The van der Waals surface area contributed by atoms with E-state index in [1.807, 2.05) is 37.3 Å². The van der Waals surface area contributed by atoms with Gasteiger partial charge >= 0.3 is 12.1 Å². The van der Waals surface area contributed by atoms with E-state index in [1.165, 1.54) is 23.1 Å². The maximum absolute atomic E-state index is 12.6. The predicted molar refractivity (Wildman–Crippen MR) is 94.4 cm³/mol. The Morgan fingerprint density at radius 1 is 1.15 bits per heavy atom. The number of ether oxygens (including phenoxy) is 1. The second-order valence-electron chi connectivity index (χ2n) is 5.95. The average molecular weight is 354 g/mol. The fourth-order valence-corrected chi connectivity index (χ4v) is 2.75. The zero-order chi connectivity index (χ0) is 18.7. The molecule has 26 heavy (non-hydrogen) atoms. The van der Waals surface area contributed by atoms with Gasteiger partial charge in [0, 0.05) is 11.3 Å². The highest BCUT2D eigenvalue weighted by atomic mass is 16.6. The van der Waals surface area contributed by atoms with Crippen LogP contribution < -0.4 is 10.2 Å². The summed E-state index contributed by atoms with van der Waals surface area (Å²) in [4.78, 5) is 37.1. The van der Waals surface area contributed by atoms with Crippen LogP contribution in [0.3, 0.4) is 0 Å². The number of anilines is 1. The average Bonchev–Trinajstić information content (AvgIpc) is 3.08. The van der Waals surface area contributed by atoms with Crippen molar-refractivity contribution in [1.29, 1.82) is 0 Å². The number of rotatable bonds is 5. The number of aromatic carboxylic acids is 1. The summed E-state index contributed by atoms with van der Waals surface area (Å²) in [6.07, 6.45) is -0.559. The molecule has 0 unspecified atom stereocenters. The van der Waals surface area contributed by atoms with E-state index in [0.717, 1.165) is 5.56 Å². The number of hydrogen-bond donors (Lipinski definition) is 2. The minimum absolute atomic E-state index is 0.0697. The number of carbonyl (C=O) groups is 3. The Labute approximate surface area is 150 Å². The van der Waals surface area contributed by atoms with Gasteiger partial charge in [0.1, 0.15) is 6.61 Å². The van der Waals surface area contributed by atoms with Gasteiger partial charge < -0.3 is 15.2 Å². The summed E-state index contributed by atoms with van der Waals surface area (Å²) in [5.74, 6) is -1.59. The number of nitrogens with one attached hydrogen (secondary N) is 1. The number of nitrogens with zero attached hydrogens (tertiary/aromatic N) is 1. The van der Waals surface area contributed by atoms with E-state index in [4.69, 9.17) is 4.74 Å². The molecular weight excluding hydrogens is 336 g/mol. The van der Waals surface area contributed by atoms with E-state index in [9.17, 15) is 19.5 Å². The first-order chi connectivity index (χ1) is 12.5. The van der Waals surface area contributed by atoms with Gasteiger partial charge in [-0.2, -0.15) is 0 Å². The van der Waals surface area contributed by atoms with Crippen LogP contribution in [0.1, 0.15) is 39.2 Å². The lowest BCUT2D eigenvalue weighted by Gasteiger charge is -2.17. The molecule has 2 aromatic rings. The Balaban J connectivity index is 1.88. The summed E-state index contributed by atoms with van der Waals surface area (Å²) < 4.78 is 4.88. The summed E-state index contributed by atoms with van der Waals surface area (Å²) in [6, 6.07) is 13.3. The van der Waals surface area contributed by atoms with E-state index in [1.54, 1.807) is 0 Å². The van der Waals surface area contributed by atoms with E-state index in [0.29, 0.717) is 12.2 Å². The monoisotopic (exact) mass is 354 g/mol. The number of hydrogen-bond acceptors (Lipinski definition) is 4. The molecule has 0 aliphatic carbocycles. The van der Waals surface area contributed by atoms with Gasteiger partial charge in [-0.3, -0.25) is 9.69 Å². The largest absolute Gasteiger partial charge is 0.478 e. The Bertz CT molecular complexity index is 850. The molecule has 1 heterocycles. The summed E-state index contributed by atoms with van der Waals surface area (Å²) in [5.41, 5.74) is 1.35. The highest BCUT2D eigenvalue weighted by molar-refractivity contribution is 6.01. The van der Waals surface area contributed by atoms with Gasteiger partial charge in [-0.25, -0.2) is 9.59 Å². The smallest absolute Gasteiger partial charge is 0.414 e. The van der Waals surface area contributed by atoms with Gasteiger partial charge in [0.2, 0.25) is 0 Å². The molecular formula is C19H18N2O5. The van der Waals surface area contributed by atoms with Gasteiger partial charge in [-0.1, -0.05) is 30.3 Å². The van der Waals surface area contributed by atoms with Crippen molar-refractivity contribution in [3.05, 3.63) is 65.2 Å². The number of carboxylic acids is 1.